The number of benzene rings is 2. The highest BCUT2D eigenvalue weighted by Gasteiger charge is 2.35. The third-order valence-corrected chi connectivity index (χ3v) is 9.37. The van der Waals surface area contributed by atoms with Crippen molar-refractivity contribution < 1.29 is 28.8 Å². The lowest BCUT2D eigenvalue weighted by atomic mass is 10.0. The molecular weight excluding hydrogens is 699 g/mol. The number of thioether (sulfide) groups is 1. The van der Waals surface area contributed by atoms with E-state index in [2.05, 4.69) is 20.9 Å². The molecular formula is C37H51N9O6S. The fourth-order valence-corrected chi connectivity index (χ4v) is 6.34. The zero-order valence-electron chi connectivity index (χ0n) is 30.1. The maximum Gasteiger partial charge on any atom is 0.293 e. The molecule has 0 saturated carbocycles. The number of hydrogen-bond donors (Lipinski definition) is 7. The molecule has 0 unspecified atom stereocenters. The van der Waals surface area contributed by atoms with Crippen LogP contribution in [0.4, 0.5) is 4.79 Å². The Hall–Kier alpha value is -5.22. The Kier molecular flexibility index (Phi) is 17.5. The predicted molar refractivity (Wildman–Crippen MR) is 206 cm³/mol. The van der Waals surface area contributed by atoms with Gasteiger partial charge in [-0.1, -0.05) is 62.2 Å². The summed E-state index contributed by atoms with van der Waals surface area (Å²) in [6, 6.07) is 12.9. The number of amides is 6. The number of guanidine groups is 1. The number of hydrogen-bond acceptors (Lipinski definition) is 9. The van der Waals surface area contributed by atoms with Crippen LogP contribution in [-0.4, -0.2) is 83.4 Å². The van der Waals surface area contributed by atoms with Gasteiger partial charge in [0, 0.05) is 18.7 Å². The lowest BCUT2D eigenvalue weighted by Crippen LogP contribution is -2.56. The lowest BCUT2D eigenvalue weighted by Gasteiger charge is -2.25. The summed E-state index contributed by atoms with van der Waals surface area (Å²) < 4.78 is 0. The van der Waals surface area contributed by atoms with Crippen LogP contribution >= 0.6 is 11.8 Å². The summed E-state index contributed by atoms with van der Waals surface area (Å²) in [6.07, 6.45) is 5.82. The van der Waals surface area contributed by atoms with E-state index in [0.29, 0.717) is 50.6 Å². The Labute approximate surface area is 314 Å². The topological polar surface area (TPSA) is 258 Å². The van der Waals surface area contributed by atoms with Crippen LogP contribution in [0, 0.1) is 0 Å². The van der Waals surface area contributed by atoms with E-state index in [1.807, 2.05) is 37.3 Å². The molecule has 1 fully saturated rings. The van der Waals surface area contributed by atoms with Gasteiger partial charge in [0.05, 0.1) is 4.91 Å². The molecule has 16 heteroatoms. The second kappa shape index (κ2) is 22.0. The Bertz CT molecular complexity index is 1630. The molecule has 3 rings (SSSR count). The Morgan fingerprint density at radius 1 is 0.811 bits per heavy atom. The van der Waals surface area contributed by atoms with Crippen LogP contribution in [0.3, 0.4) is 0 Å². The predicted octanol–water partition coefficient (Wildman–Crippen LogP) is 1.89. The molecule has 0 spiro atoms. The van der Waals surface area contributed by atoms with Crippen LogP contribution in [0.1, 0.15) is 79.8 Å². The highest BCUT2D eigenvalue weighted by atomic mass is 32.2. The summed E-state index contributed by atoms with van der Waals surface area (Å²) >= 11 is 0.858. The van der Waals surface area contributed by atoms with E-state index >= 15 is 0 Å². The van der Waals surface area contributed by atoms with Crippen molar-refractivity contribution in [3.05, 3.63) is 76.2 Å². The lowest BCUT2D eigenvalue weighted by molar-refractivity contribution is -0.132. The van der Waals surface area contributed by atoms with Crippen molar-refractivity contribution in [3.63, 3.8) is 0 Å². The molecule has 1 saturated heterocycles. The molecule has 0 bridgehead atoms. The minimum Gasteiger partial charge on any atom is -0.370 e. The number of rotatable bonds is 22. The van der Waals surface area contributed by atoms with Crippen molar-refractivity contribution in [2.45, 2.75) is 82.8 Å². The van der Waals surface area contributed by atoms with E-state index in [0.717, 1.165) is 23.7 Å². The Balaban J connectivity index is 1.72. The second-order valence-corrected chi connectivity index (χ2v) is 13.6. The number of primary amides is 1. The molecule has 2 aromatic rings. The first kappa shape index (κ1) is 42.2. The number of nitrogens with zero attached hydrogens (tertiary/aromatic N) is 2. The molecule has 0 aliphatic carbocycles. The Morgan fingerprint density at radius 2 is 1.43 bits per heavy atom. The van der Waals surface area contributed by atoms with Gasteiger partial charge in [0.2, 0.25) is 17.7 Å². The van der Waals surface area contributed by atoms with E-state index in [9.17, 15) is 28.8 Å². The van der Waals surface area contributed by atoms with Crippen LogP contribution < -0.4 is 38.9 Å². The average Bonchev–Trinajstić information content (AvgIpc) is 3.40. The van der Waals surface area contributed by atoms with Gasteiger partial charge in [0.25, 0.3) is 17.1 Å². The van der Waals surface area contributed by atoms with Gasteiger partial charge in [0.15, 0.2) is 5.96 Å². The van der Waals surface area contributed by atoms with Crippen LogP contribution in [0.2, 0.25) is 0 Å². The first-order chi connectivity index (χ1) is 25.4. The molecule has 286 valence electrons. The van der Waals surface area contributed by atoms with E-state index in [1.165, 1.54) is 4.90 Å². The van der Waals surface area contributed by atoms with E-state index in [4.69, 9.17) is 22.9 Å². The van der Waals surface area contributed by atoms with Crippen molar-refractivity contribution >= 4 is 58.6 Å². The van der Waals surface area contributed by atoms with E-state index in [-0.39, 0.29) is 53.5 Å². The molecule has 11 N–H and O–H groups in total. The fourth-order valence-electron chi connectivity index (χ4n) is 5.47. The fraction of sp³-hybridized carbons (Fsp3) is 0.432. The first-order valence-electron chi connectivity index (χ1n) is 17.8. The highest BCUT2D eigenvalue weighted by Crippen LogP contribution is 2.32. The largest absolute Gasteiger partial charge is 0.370 e. The van der Waals surface area contributed by atoms with Gasteiger partial charge in [0.1, 0.15) is 18.1 Å². The summed E-state index contributed by atoms with van der Waals surface area (Å²) in [5.41, 5.74) is 23.9. The monoisotopic (exact) mass is 749 g/mol. The van der Waals surface area contributed by atoms with E-state index in [1.54, 1.807) is 30.3 Å². The first-order valence-corrected chi connectivity index (χ1v) is 18.6. The van der Waals surface area contributed by atoms with Crippen LogP contribution in [0.15, 0.2) is 64.5 Å². The number of nitrogens with one attached hydrogen (secondary N) is 3. The zero-order chi connectivity index (χ0) is 38.8. The molecule has 1 heterocycles. The zero-order valence-corrected chi connectivity index (χ0v) is 30.9. The van der Waals surface area contributed by atoms with Gasteiger partial charge in [-0.3, -0.25) is 38.7 Å². The summed E-state index contributed by atoms with van der Waals surface area (Å²) in [4.78, 5) is 83.4. The number of imide groups is 1. The second-order valence-electron chi connectivity index (χ2n) is 12.6. The van der Waals surface area contributed by atoms with Crippen molar-refractivity contribution in [1.29, 1.82) is 0 Å². The normalized spacial score (nSPS) is 15.1. The van der Waals surface area contributed by atoms with Crippen LogP contribution in [0.25, 0.3) is 6.08 Å². The van der Waals surface area contributed by atoms with Crippen molar-refractivity contribution in [2.24, 2.45) is 27.9 Å². The summed E-state index contributed by atoms with van der Waals surface area (Å²) in [6.45, 7) is 2.80. The van der Waals surface area contributed by atoms with Crippen LogP contribution in [0.5, 0.6) is 0 Å². The minimum absolute atomic E-state index is 0.115. The third-order valence-electron chi connectivity index (χ3n) is 8.46. The number of carbonyl (C=O) groups excluding carboxylic acids is 6. The van der Waals surface area contributed by atoms with E-state index < -0.39 is 41.8 Å². The smallest absolute Gasteiger partial charge is 0.293 e. The molecule has 53 heavy (non-hydrogen) atoms. The van der Waals surface area contributed by atoms with Gasteiger partial charge >= 0.3 is 0 Å². The van der Waals surface area contributed by atoms with Gasteiger partial charge < -0.3 is 38.9 Å². The average molecular weight is 750 g/mol. The third kappa shape index (κ3) is 14.0. The molecule has 0 radical (unpaired) electrons. The van der Waals surface area contributed by atoms with Gasteiger partial charge in [-0.15, -0.1) is 0 Å². The molecule has 6 amide bonds. The SMILES string of the molecule is CCCC[C@H](NC(=O)[C@H](CCCCN)NC(=O)[C@H](CCCN=C(N)N)NC(=O)c1ccc(/C=C2\SC(=O)N(CCc3ccccc3)C2=O)cc1)C(N)=O. The molecule has 3 atom stereocenters. The molecule has 15 nitrogen and oxygen atoms in total. The molecule has 1 aliphatic heterocycles. The molecule has 1 aliphatic rings. The number of aliphatic imine (C=N–C) groups is 1. The van der Waals surface area contributed by atoms with Crippen molar-refractivity contribution in [2.75, 3.05) is 19.6 Å². The Morgan fingerprint density at radius 3 is 2.06 bits per heavy atom. The summed E-state index contributed by atoms with van der Waals surface area (Å²) in [5.74, 6) is -2.90. The maximum absolute atomic E-state index is 13.7. The number of carbonyl (C=O) groups is 6. The van der Waals surface area contributed by atoms with Gasteiger partial charge in [-0.05, 0) is 92.6 Å². The van der Waals surface area contributed by atoms with Crippen molar-refractivity contribution in [3.8, 4) is 0 Å². The number of unbranched alkanes of at least 4 members (excludes halogenated alkanes) is 2. The minimum atomic E-state index is -1.07. The molecule has 0 aromatic heterocycles. The summed E-state index contributed by atoms with van der Waals surface area (Å²) in [5, 5.41) is 7.81. The quantitative estimate of drug-likeness (QED) is 0.0398. The summed E-state index contributed by atoms with van der Waals surface area (Å²) in [7, 11) is 0. The molecule has 2 aromatic carbocycles. The van der Waals surface area contributed by atoms with Gasteiger partial charge in [-0.2, -0.15) is 0 Å². The maximum atomic E-state index is 13.7. The van der Waals surface area contributed by atoms with Gasteiger partial charge in [-0.25, -0.2) is 0 Å². The number of nitrogens with two attached hydrogens (primary N) is 4. The van der Waals surface area contributed by atoms with Crippen molar-refractivity contribution in [1.82, 2.24) is 20.9 Å². The highest BCUT2D eigenvalue weighted by molar-refractivity contribution is 8.18. The standard InChI is InChI=1S/C37H51N9O6S/c1-2-3-12-27(31(39)47)43-33(49)28(13-7-8-20-38)45-34(50)29(14-9-21-42-36(40)41)44-32(48)26-17-15-25(16-18-26)23-30-35(51)46(37(52)53-30)22-19-24-10-5-4-6-11-24/h4-6,10-11,15-18,23,27-29H,2-3,7-9,12-14,19-22,38H2,1H3,(H2,39,47)(H,43,49)(H,44,48)(H,45,50)(H4,40,41,42)/b30-23-/t27-,28-,29-/m0/s1. The van der Waals surface area contributed by atoms with Crippen LogP contribution in [-0.2, 0) is 25.6 Å².